The minimum Gasteiger partial charge on any atom is -0.362 e. The zero-order chi connectivity index (χ0) is 22.6. The number of benzene rings is 2. The van der Waals surface area contributed by atoms with Crippen molar-refractivity contribution in [2.45, 2.75) is 17.5 Å². The highest BCUT2D eigenvalue weighted by molar-refractivity contribution is 7.99. The van der Waals surface area contributed by atoms with E-state index in [1.165, 1.54) is 0 Å². The van der Waals surface area contributed by atoms with E-state index in [0.717, 1.165) is 17.0 Å². The van der Waals surface area contributed by atoms with Gasteiger partial charge in [-0.15, -0.1) is 11.8 Å². The number of carbonyl (C=O) groups is 1. The summed E-state index contributed by atoms with van der Waals surface area (Å²) in [5, 5.41) is 12.0. The number of halogens is 4. The van der Waals surface area contributed by atoms with Gasteiger partial charge in [0.25, 0.3) is 5.69 Å². The largest absolute Gasteiger partial charge is 0.416 e. The van der Waals surface area contributed by atoms with Gasteiger partial charge in [0, 0.05) is 54.3 Å². The lowest BCUT2D eigenvalue weighted by atomic mass is 10.1. The minimum absolute atomic E-state index is 0.0250. The molecular weight excluding hydrogens is 455 g/mol. The van der Waals surface area contributed by atoms with Crippen LogP contribution in [0, 0.1) is 10.1 Å². The average Bonchev–Trinajstić information content (AvgIpc) is 2.74. The number of nitro groups is 1. The maximum Gasteiger partial charge on any atom is 0.416 e. The number of alkyl halides is 3. The lowest BCUT2D eigenvalue weighted by molar-refractivity contribution is -0.384. The Balaban J connectivity index is 1.55. The molecule has 31 heavy (non-hydrogen) atoms. The van der Waals surface area contributed by atoms with E-state index >= 15 is 0 Å². The summed E-state index contributed by atoms with van der Waals surface area (Å²) in [6.07, 6.45) is -4.31. The molecule has 1 heterocycles. The van der Waals surface area contributed by atoms with Crippen molar-refractivity contribution in [3.05, 3.63) is 63.2 Å². The smallest absolute Gasteiger partial charge is 0.362 e. The molecule has 1 amide bonds. The quantitative estimate of drug-likeness (QED) is 0.332. The van der Waals surface area contributed by atoms with Gasteiger partial charge in [-0.3, -0.25) is 14.9 Å². The number of nitrogens with zero attached hydrogens (tertiary/aromatic N) is 3. The molecule has 1 aliphatic heterocycles. The second kappa shape index (κ2) is 9.78. The predicted octanol–water partition coefficient (Wildman–Crippen LogP) is 5.10. The van der Waals surface area contributed by atoms with E-state index in [4.69, 9.17) is 11.6 Å². The average molecular weight is 474 g/mol. The van der Waals surface area contributed by atoms with E-state index in [2.05, 4.69) is 0 Å². The summed E-state index contributed by atoms with van der Waals surface area (Å²) in [5.74, 6) is 0.577. The van der Waals surface area contributed by atoms with Crippen molar-refractivity contribution in [1.82, 2.24) is 4.90 Å². The Hall–Kier alpha value is -2.46. The predicted molar refractivity (Wildman–Crippen MR) is 114 cm³/mol. The van der Waals surface area contributed by atoms with Crippen molar-refractivity contribution < 1.29 is 22.9 Å². The molecule has 0 atom stereocenters. The summed E-state index contributed by atoms with van der Waals surface area (Å²) < 4.78 is 38.7. The molecule has 0 saturated carbocycles. The van der Waals surface area contributed by atoms with Gasteiger partial charge in [-0.1, -0.05) is 11.6 Å². The molecule has 1 fully saturated rings. The van der Waals surface area contributed by atoms with Crippen molar-refractivity contribution in [1.29, 1.82) is 0 Å². The molecule has 3 rings (SSSR count). The fourth-order valence-corrected chi connectivity index (χ4v) is 4.22. The van der Waals surface area contributed by atoms with E-state index in [1.807, 2.05) is 12.1 Å². The first-order chi connectivity index (χ1) is 14.6. The van der Waals surface area contributed by atoms with Crippen LogP contribution in [-0.2, 0) is 11.0 Å². The number of carbonyl (C=O) groups excluding carboxylic acids is 1. The molecule has 2 aromatic carbocycles. The van der Waals surface area contributed by atoms with Crippen LogP contribution in [0.2, 0.25) is 5.02 Å². The molecule has 166 valence electrons. The molecule has 0 radical (unpaired) electrons. The van der Waals surface area contributed by atoms with Gasteiger partial charge in [0.05, 0.1) is 10.5 Å². The Kier molecular flexibility index (Phi) is 7.32. The standard InChI is InChI=1S/C20H19ClF3N3O3S/c21-15-2-4-16(5-3-15)31-12-7-19(28)26-10-8-25(9-11-26)17-6-1-14(20(22,23)24)13-18(17)27(29)30/h1-6,13H,7-12H2. The lowest BCUT2D eigenvalue weighted by Crippen LogP contribution is -2.49. The molecule has 0 bridgehead atoms. The summed E-state index contributed by atoms with van der Waals surface area (Å²) >= 11 is 7.39. The molecule has 6 nitrogen and oxygen atoms in total. The number of hydrogen-bond donors (Lipinski definition) is 0. The van der Waals surface area contributed by atoms with Crippen LogP contribution in [0.25, 0.3) is 0 Å². The topological polar surface area (TPSA) is 66.7 Å². The zero-order valence-corrected chi connectivity index (χ0v) is 17.8. The third kappa shape index (κ3) is 6.04. The summed E-state index contributed by atoms with van der Waals surface area (Å²) in [4.78, 5) is 27.3. The van der Waals surface area contributed by atoms with Crippen molar-refractivity contribution in [3.63, 3.8) is 0 Å². The van der Waals surface area contributed by atoms with Crippen LogP contribution in [0.5, 0.6) is 0 Å². The van der Waals surface area contributed by atoms with Gasteiger partial charge < -0.3 is 9.80 Å². The molecule has 0 spiro atoms. The Labute approximate surface area is 186 Å². The fourth-order valence-electron chi connectivity index (χ4n) is 3.26. The summed E-state index contributed by atoms with van der Waals surface area (Å²) in [6.45, 7) is 1.32. The monoisotopic (exact) mass is 473 g/mol. The molecule has 2 aromatic rings. The summed E-state index contributed by atoms with van der Waals surface area (Å²) in [5.41, 5.74) is -1.52. The Morgan fingerprint density at radius 2 is 1.74 bits per heavy atom. The highest BCUT2D eigenvalue weighted by Gasteiger charge is 2.34. The van der Waals surface area contributed by atoms with Crippen LogP contribution in [0.1, 0.15) is 12.0 Å². The highest BCUT2D eigenvalue weighted by atomic mass is 35.5. The number of rotatable bonds is 6. The molecule has 11 heteroatoms. The van der Waals surface area contributed by atoms with Crippen LogP contribution >= 0.6 is 23.4 Å². The van der Waals surface area contributed by atoms with Gasteiger partial charge in [0.15, 0.2) is 0 Å². The van der Waals surface area contributed by atoms with Crippen molar-refractivity contribution in [2.75, 3.05) is 36.8 Å². The van der Waals surface area contributed by atoms with Crippen molar-refractivity contribution >= 4 is 40.6 Å². The van der Waals surface area contributed by atoms with Crippen LogP contribution in [0.4, 0.5) is 24.5 Å². The first-order valence-electron chi connectivity index (χ1n) is 9.42. The number of hydrogen-bond acceptors (Lipinski definition) is 5. The van der Waals surface area contributed by atoms with E-state index in [-0.39, 0.29) is 11.6 Å². The van der Waals surface area contributed by atoms with Gasteiger partial charge in [-0.05, 0) is 36.4 Å². The lowest BCUT2D eigenvalue weighted by Gasteiger charge is -2.36. The maximum atomic E-state index is 12.9. The second-order valence-corrected chi connectivity index (χ2v) is 8.48. The van der Waals surface area contributed by atoms with Gasteiger partial charge in [0.1, 0.15) is 5.69 Å². The molecule has 1 saturated heterocycles. The molecule has 0 N–H and O–H groups in total. The van der Waals surface area contributed by atoms with Gasteiger partial charge >= 0.3 is 6.18 Å². The van der Waals surface area contributed by atoms with E-state index in [1.54, 1.807) is 33.7 Å². The number of piperazine rings is 1. The molecule has 0 aromatic heterocycles. The first kappa shape index (κ1) is 23.2. The number of thioether (sulfide) groups is 1. The highest BCUT2D eigenvalue weighted by Crippen LogP contribution is 2.36. The van der Waals surface area contributed by atoms with Crippen molar-refractivity contribution in [3.8, 4) is 0 Å². The van der Waals surface area contributed by atoms with Crippen LogP contribution in [-0.4, -0.2) is 47.7 Å². The zero-order valence-electron chi connectivity index (χ0n) is 16.3. The van der Waals surface area contributed by atoms with E-state index in [9.17, 15) is 28.1 Å². The Morgan fingerprint density at radius 3 is 2.32 bits per heavy atom. The van der Waals surface area contributed by atoms with Gasteiger partial charge in [0.2, 0.25) is 5.91 Å². The molecule has 1 aliphatic rings. The van der Waals surface area contributed by atoms with Crippen LogP contribution in [0.15, 0.2) is 47.4 Å². The fraction of sp³-hybridized carbons (Fsp3) is 0.350. The van der Waals surface area contributed by atoms with E-state index in [0.29, 0.717) is 49.4 Å². The second-order valence-electron chi connectivity index (χ2n) is 6.88. The molecular formula is C20H19ClF3N3O3S. The maximum absolute atomic E-state index is 12.9. The summed E-state index contributed by atoms with van der Waals surface area (Å²) in [6, 6.07) is 9.85. The Bertz CT molecular complexity index is 949. The van der Waals surface area contributed by atoms with Crippen LogP contribution in [0.3, 0.4) is 0 Å². The first-order valence-corrected chi connectivity index (χ1v) is 10.8. The summed E-state index contributed by atoms with van der Waals surface area (Å²) in [7, 11) is 0. The normalized spacial score (nSPS) is 14.6. The number of amides is 1. The minimum atomic E-state index is -4.65. The number of anilines is 1. The third-order valence-corrected chi connectivity index (χ3v) is 6.14. The van der Waals surface area contributed by atoms with Gasteiger partial charge in [-0.2, -0.15) is 13.2 Å². The SMILES string of the molecule is O=C(CCSc1ccc(Cl)cc1)N1CCN(c2ccc(C(F)(F)F)cc2[N+](=O)[O-])CC1. The third-order valence-electron chi connectivity index (χ3n) is 4.87. The van der Waals surface area contributed by atoms with Crippen molar-refractivity contribution in [2.24, 2.45) is 0 Å². The molecule has 0 unspecified atom stereocenters. The molecule has 0 aliphatic carbocycles. The van der Waals surface area contributed by atoms with E-state index < -0.39 is 22.4 Å². The Morgan fingerprint density at radius 1 is 1.10 bits per heavy atom. The van der Waals surface area contributed by atoms with Crippen LogP contribution < -0.4 is 4.90 Å². The number of nitro benzene ring substituents is 1. The van der Waals surface area contributed by atoms with Gasteiger partial charge in [-0.25, -0.2) is 0 Å².